The first kappa shape index (κ1) is 20.4. The summed E-state index contributed by atoms with van der Waals surface area (Å²) in [6.07, 6.45) is 4.11. The van der Waals surface area contributed by atoms with Crippen LogP contribution in [-0.2, 0) is 23.0 Å². The summed E-state index contributed by atoms with van der Waals surface area (Å²) in [5.74, 6) is 0. The number of H-pyrrole nitrogens is 1. The molecular weight excluding hydrogens is 398 g/mol. The summed E-state index contributed by atoms with van der Waals surface area (Å²) >= 11 is 0. The maximum Gasteiger partial charge on any atom is 0.245 e. The van der Waals surface area contributed by atoms with Gasteiger partial charge in [-0.15, -0.1) is 0 Å². The summed E-state index contributed by atoms with van der Waals surface area (Å²) in [6, 6.07) is 15.6. The van der Waals surface area contributed by atoms with Crippen LogP contribution in [-0.4, -0.2) is 56.4 Å². The van der Waals surface area contributed by atoms with E-state index in [1.54, 1.807) is 22.9 Å². The van der Waals surface area contributed by atoms with Crippen LogP contribution in [0, 0.1) is 0 Å². The van der Waals surface area contributed by atoms with Crippen molar-refractivity contribution in [3.8, 4) is 0 Å². The molecule has 0 radical (unpaired) electrons. The molecule has 158 valence electrons. The fourth-order valence-electron chi connectivity index (χ4n) is 3.73. The number of imidazole rings is 1. The third kappa shape index (κ3) is 4.20. The zero-order chi connectivity index (χ0) is 21.1. The zero-order valence-electron chi connectivity index (χ0n) is 17.3. The number of hydrogen-bond acceptors (Lipinski definition) is 5. The van der Waals surface area contributed by atoms with E-state index in [0.29, 0.717) is 37.5 Å². The first-order valence-electron chi connectivity index (χ1n) is 10.0. The molecule has 0 amide bonds. The van der Waals surface area contributed by atoms with E-state index in [0.717, 1.165) is 22.6 Å². The summed E-state index contributed by atoms with van der Waals surface area (Å²) < 4.78 is 28.7. The van der Waals surface area contributed by atoms with E-state index in [4.69, 9.17) is 0 Å². The highest BCUT2D eigenvalue weighted by Gasteiger charge is 2.32. The van der Waals surface area contributed by atoms with Crippen LogP contribution in [0.15, 0.2) is 66.0 Å². The maximum absolute atomic E-state index is 13.5. The second kappa shape index (κ2) is 8.49. The molecule has 1 N–H and O–H groups in total. The second-order valence-electron chi connectivity index (χ2n) is 7.68. The molecule has 4 rings (SSSR count). The maximum atomic E-state index is 13.5. The number of aromatic nitrogens is 2. The van der Waals surface area contributed by atoms with Crippen molar-refractivity contribution in [1.29, 1.82) is 0 Å². The van der Waals surface area contributed by atoms with E-state index < -0.39 is 10.0 Å². The predicted octanol–water partition coefficient (Wildman–Crippen LogP) is 2.73. The molecular formula is C22H27N5O2S. The van der Waals surface area contributed by atoms with Gasteiger partial charge in [-0.25, -0.2) is 13.4 Å². The Morgan fingerprint density at radius 1 is 1.10 bits per heavy atom. The Bertz CT molecular complexity index is 1080. The number of nitrogens with zero attached hydrogens (tertiary/aromatic N) is 4. The van der Waals surface area contributed by atoms with E-state index >= 15 is 0 Å². The summed E-state index contributed by atoms with van der Waals surface area (Å²) in [5.41, 5.74) is 3.79. The minimum absolute atomic E-state index is 0.359. The number of hydrogen-bond donors (Lipinski definition) is 1. The smallest absolute Gasteiger partial charge is 0.245 e. The molecule has 0 atom stereocenters. The van der Waals surface area contributed by atoms with Crippen LogP contribution < -0.4 is 9.80 Å². The Labute approximate surface area is 178 Å². The number of nitrogens with one attached hydrogen (secondary N) is 1. The van der Waals surface area contributed by atoms with Crippen molar-refractivity contribution in [3.05, 3.63) is 72.3 Å². The monoisotopic (exact) mass is 425 g/mol. The van der Waals surface area contributed by atoms with Crippen molar-refractivity contribution in [2.45, 2.75) is 17.9 Å². The Kier molecular flexibility index (Phi) is 5.78. The summed E-state index contributed by atoms with van der Waals surface area (Å²) in [4.78, 5) is 11.7. The van der Waals surface area contributed by atoms with Gasteiger partial charge in [-0.1, -0.05) is 30.3 Å². The molecule has 8 heteroatoms. The van der Waals surface area contributed by atoms with Crippen molar-refractivity contribution >= 4 is 21.4 Å². The van der Waals surface area contributed by atoms with Crippen LogP contribution in [0.25, 0.3) is 0 Å². The quantitative estimate of drug-likeness (QED) is 0.658. The van der Waals surface area contributed by atoms with Gasteiger partial charge < -0.3 is 14.8 Å². The lowest BCUT2D eigenvalue weighted by Gasteiger charge is -2.25. The van der Waals surface area contributed by atoms with Crippen LogP contribution in [0.3, 0.4) is 0 Å². The average molecular weight is 426 g/mol. The van der Waals surface area contributed by atoms with Gasteiger partial charge >= 0.3 is 0 Å². The van der Waals surface area contributed by atoms with Gasteiger partial charge in [0.15, 0.2) is 0 Å². The average Bonchev–Trinajstić information content (AvgIpc) is 3.22. The van der Waals surface area contributed by atoms with Gasteiger partial charge in [0, 0.05) is 45.6 Å². The summed E-state index contributed by atoms with van der Waals surface area (Å²) in [7, 11) is 0.317. The van der Waals surface area contributed by atoms with E-state index in [1.807, 2.05) is 61.5 Å². The van der Waals surface area contributed by atoms with Gasteiger partial charge in [-0.2, -0.15) is 4.31 Å². The lowest BCUT2D eigenvalue weighted by molar-refractivity contribution is 0.422. The molecule has 7 nitrogen and oxygen atoms in total. The SMILES string of the molecule is CN(C)c1ccc2c(c1)N(Cc1cnc[nH]1)CCN(CCc1ccccc1)S2(=O)=O. The Hall–Kier alpha value is -2.84. The van der Waals surface area contributed by atoms with Gasteiger partial charge in [0.05, 0.1) is 24.3 Å². The van der Waals surface area contributed by atoms with Gasteiger partial charge in [0.25, 0.3) is 0 Å². The number of sulfonamides is 1. The number of fused-ring (bicyclic) bond motifs is 1. The Morgan fingerprint density at radius 3 is 2.60 bits per heavy atom. The van der Waals surface area contributed by atoms with Gasteiger partial charge in [0.1, 0.15) is 4.90 Å². The topological polar surface area (TPSA) is 72.5 Å². The number of anilines is 2. The highest BCUT2D eigenvalue weighted by Crippen LogP contribution is 2.34. The molecule has 1 aromatic heterocycles. The van der Waals surface area contributed by atoms with Crippen LogP contribution >= 0.6 is 0 Å². The van der Waals surface area contributed by atoms with Gasteiger partial charge in [0.2, 0.25) is 10.0 Å². The number of aromatic amines is 1. The van der Waals surface area contributed by atoms with Crippen LogP contribution in [0.1, 0.15) is 11.3 Å². The van der Waals surface area contributed by atoms with Crippen molar-refractivity contribution in [1.82, 2.24) is 14.3 Å². The Morgan fingerprint density at radius 2 is 1.90 bits per heavy atom. The molecule has 0 saturated carbocycles. The third-order valence-corrected chi connectivity index (χ3v) is 7.39. The largest absolute Gasteiger partial charge is 0.378 e. The standard InChI is InChI=1S/C22H27N5O2S/c1-25(2)20-8-9-22-21(14-20)26(16-19-15-23-17-24-19)12-13-27(30(22,28)29)11-10-18-6-4-3-5-7-18/h3-9,14-15,17H,10-13,16H2,1-2H3,(H,23,24). The van der Waals surface area contributed by atoms with Crippen molar-refractivity contribution in [2.24, 2.45) is 0 Å². The number of benzene rings is 2. The van der Waals surface area contributed by atoms with Crippen LogP contribution in [0.2, 0.25) is 0 Å². The lowest BCUT2D eigenvalue weighted by Crippen LogP contribution is -2.36. The molecule has 0 aliphatic carbocycles. The van der Waals surface area contributed by atoms with Gasteiger partial charge in [-0.05, 0) is 30.2 Å². The molecule has 1 aliphatic heterocycles. The summed E-state index contributed by atoms with van der Waals surface area (Å²) in [6.45, 7) is 2.08. The first-order valence-corrected chi connectivity index (χ1v) is 11.5. The van der Waals surface area contributed by atoms with E-state index in [2.05, 4.69) is 14.9 Å². The third-order valence-electron chi connectivity index (χ3n) is 5.45. The molecule has 3 aromatic rings. The summed E-state index contributed by atoms with van der Waals surface area (Å²) in [5, 5.41) is 0. The molecule has 0 saturated heterocycles. The number of rotatable bonds is 6. The van der Waals surface area contributed by atoms with E-state index in [9.17, 15) is 8.42 Å². The fraction of sp³-hybridized carbons (Fsp3) is 0.318. The molecule has 1 aliphatic rings. The van der Waals surface area contributed by atoms with E-state index in [-0.39, 0.29) is 0 Å². The minimum atomic E-state index is -3.60. The minimum Gasteiger partial charge on any atom is -0.378 e. The molecule has 0 bridgehead atoms. The molecule has 0 unspecified atom stereocenters. The van der Waals surface area contributed by atoms with E-state index in [1.165, 1.54) is 0 Å². The lowest BCUT2D eigenvalue weighted by atomic mass is 10.1. The highest BCUT2D eigenvalue weighted by molar-refractivity contribution is 7.89. The molecule has 0 fully saturated rings. The fourth-order valence-corrected chi connectivity index (χ4v) is 5.36. The van der Waals surface area contributed by atoms with Gasteiger partial charge in [-0.3, -0.25) is 0 Å². The van der Waals surface area contributed by atoms with Crippen molar-refractivity contribution in [3.63, 3.8) is 0 Å². The zero-order valence-corrected chi connectivity index (χ0v) is 18.1. The molecule has 0 spiro atoms. The van der Waals surface area contributed by atoms with Crippen LogP contribution in [0.4, 0.5) is 11.4 Å². The molecule has 2 aromatic carbocycles. The first-order chi connectivity index (χ1) is 14.4. The molecule has 30 heavy (non-hydrogen) atoms. The van der Waals surface area contributed by atoms with Crippen molar-refractivity contribution in [2.75, 3.05) is 43.5 Å². The molecule has 2 heterocycles. The predicted molar refractivity (Wildman–Crippen MR) is 119 cm³/mol. The second-order valence-corrected chi connectivity index (χ2v) is 9.59. The normalized spacial score (nSPS) is 16.1. The Balaban J connectivity index is 1.68. The van der Waals surface area contributed by atoms with Crippen molar-refractivity contribution < 1.29 is 8.42 Å². The van der Waals surface area contributed by atoms with Crippen LogP contribution in [0.5, 0.6) is 0 Å². The highest BCUT2D eigenvalue weighted by atomic mass is 32.2.